The molecule has 1 aromatic rings. The quantitative estimate of drug-likeness (QED) is 0.583. The summed E-state index contributed by atoms with van der Waals surface area (Å²) in [6, 6.07) is 5.99. The Bertz CT molecular complexity index is 354. The van der Waals surface area contributed by atoms with Crippen LogP contribution in [0.1, 0.15) is 6.92 Å². The molecule has 1 amide bonds. The van der Waals surface area contributed by atoms with E-state index in [-0.39, 0.29) is 22.0 Å². The standard InChI is InChI=1S/C8H8N2O3.FH/c1-6(11)9-7-4-2-3-5-8(7)10(12)13;/h2-5H,1H3,(H,9,11);1H. The van der Waals surface area contributed by atoms with Gasteiger partial charge in [0.15, 0.2) is 0 Å². The Labute approximate surface area is 79.3 Å². The molecule has 0 radical (unpaired) electrons. The van der Waals surface area contributed by atoms with Gasteiger partial charge in [0.05, 0.1) is 4.92 Å². The van der Waals surface area contributed by atoms with Crippen molar-refractivity contribution < 1.29 is 14.4 Å². The number of benzene rings is 1. The summed E-state index contributed by atoms with van der Waals surface area (Å²) >= 11 is 0. The second-order valence-corrected chi connectivity index (χ2v) is 2.46. The van der Waals surface area contributed by atoms with Gasteiger partial charge in [0, 0.05) is 13.0 Å². The van der Waals surface area contributed by atoms with Crippen molar-refractivity contribution in [3.63, 3.8) is 0 Å². The van der Waals surface area contributed by atoms with Gasteiger partial charge in [-0.2, -0.15) is 0 Å². The zero-order valence-electron chi connectivity index (χ0n) is 7.39. The number of carbonyl (C=O) groups excluding carboxylic acids is 1. The van der Waals surface area contributed by atoms with Crippen LogP contribution in [-0.4, -0.2) is 10.8 Å². The van der Waals surface area contributed by atoms with Gasteiger partial charge >= 0.3 is 0 Å². The van der Waals surface area contributed by atoms with Crippen LogP contribution in [0, 0.1) is 10.1 Å². The van der Waals surface area contributed by atoms with Crippen molar-refractivity contribution in [1.29, 1.82) is 0 Å². The molecule has 6 heteroatoms. The fourth-order valence-corrected chi connectivity index (χ4v) is 0.928. The Hall–Kier alpha value is -1.98. The molecule has 0 bridgehead atoms. The number of nitro benzene ring substituents is 1. The highest BCUT2D eigenvalue weighted by Crippen LogP contribution is 2.22. The molecular weight excluding hydrogens is 191 g/mol. The van der Waals surface area contributed by atoms with Crippen LogP contribution < -0.4 is 5.32 Å². The number of hydrogen-bond acceptors (Lipinski definition) is 3. The fourth-order valence-electron chi connectivity index (χ4n) is 0.928. The molecule has 0 aromatic heterocycles. The van der Waals surface area contributed by atoms with Gasteiger partial charge in [-0.15, -0.1) is 0 Å². The molecule has 0 saturated carbocycles. The summed E-state index contributed by atoms with van der Waals surface area (Å²) in [6.07, 6.45) is 0. The highest BCUT2D eigenvalue weighted by molar-refractivity contribution is 5.91. The van der Waals surface area contributed by atoms with Crippen LogP contribution in [0.5, 0.6) is 0 Å². The second-order valence-electron chi connectivity index (χ2n) is 2.46. The zero-order valence-corrected chi connectivity index (χ0v) is 7.39. The SMILES string of the molecule is CC(=O)Nc1ccccc1[N+](=O)[O-].F. The first kappa shape index (κ1) is 12.0. The Balaban J connectivity index is 0.00000169. The topological polar surface area (TPSA) is 72.2 Å². The summed E-state index contributed by atoms with van der Waals surface area (Å²) in [6.45, 7) is 1.30. The van der Waals surface area contributed by atoms with Crippen LogP contribution in [0.3, 0.4) is 0 Å². The average molecular weight is 200 g/mol. The van der Waals surface area contributed by atoms with Gasteiger partial charge in [-0.05, 0) is 6.07 Å². The fraction of sp³-hybridized carbons (Fsp3) is 0.125. The van der Waals surface area contributed by atoms with E-state index in [1.165, 1.54) is 19.1 Å². The minimum atomic E-state index is -0.536. The molecule has 0 aliphatic carbocycles. The van der Waals surface area contributed by atoms with E-state index in [4.69, 9.17) is 0 Å². The van der Waals surface area contributed by atoms with Crippen molar-refractivity contribution in [2.45, 2.75) is 6.92 Å². The third-order valence-electron chi connectivity index (χ3n) is 1.41. The summed E-state index contributed by atoms with van der Waals surface area (Å²) in [5.74, 6) is -0.325. The number of halogens is 1. The Morgan fingerprint density at radius 1 is 1.43 bits per heavy atom. The number of carbonyl (C=O) groups is 1. The van der Waals surface area contributed by atoms with Crippen LogP contribution in [0.25, 0.3) is 0 Å². The van der Waals surface area contributed by atoms with Crippen LogP contribution in [0.4, 0.5) is 16.1 Å². The van der Waals surface area contributed by atoms with Crippen LogP contribution in [-0.2, 0) is 4.79 Å². The van der Waals surface area contributed by atoms with Gasteiger partial charge in [-0.3, -0.25) is 19.6 Å². The minimum absolute atomic E-state index is 0. The first-order chi connectivity index (χ1) is 6.11. The maximum atomic E-state index is 10.7. The molecule has 0 unspecified atom stereocenters. The smallest absolute Gasteiger partial charge is 0.292 e. The van der Waals surface area contributed by atoms with Crippen molar-refractivity contribution >= 4 is 17.3 Å². The Morgan fingerprint density at radius 3 is 2.50 bits per heavy atom. The monoisotopic (exact) mass is 200 g/mol. The van der Waals surface area contributed by atoms with Gasteiger partial charge in [0.2, 0.25) is 5.91 Å². The van der Waals surface area contributed by atoms with Crippen molar-refractivity contribution in [3.8, 4) is 0 Å². The van der Waals surface area contributed by atoms with E-state index in [9.17, 15) is 14.9 Å². The van der Waals surface area contributed by atoms with Crippen molar-refractivity contribution in [3.05, 3.63) is 34.4 Å². The van der Waals surface area contributed by atoms with E-state index >= 15 is 0 Å². The lowest BCUT2D eigenvalue weighted by Gasteiger charge is -2.01. The highest BCUT2D eigenvalue weighted by Gasteiger charge is 2.12. The highest BCUT2D eigenvalue weighted by atomic mass is 19.0. The first-order valence-corrected chi connectivity index (χ1v) is 3.62. The van der Waals surface area contributed by atoms with Crippen molar-refractivity contribution in [1.82, 2.24) is 0 Å². The number of anilines is 1. The van der Waals surface area contributed by atoms with Gasteiger partial charge < -0.3 is 5.32 Å². The van der Waals surface area contributed by atoms with Gasteiger partial charge in [-0.1, -0.05) is 12.1 Å². The second kappa shape index (κ2) is 4.90. The number of nitrogens with one attached hydrogen (secondary N) is 1. The molecule has 0 fully saturated rings. The van der Waals surface area contributed by atoms with E-state index < -0.39 is 4.92 Å². The lowest BCUT2D eigenvalue weighted by Crippen LogP contribution is -2.07. The maximum absolute atomic E-state index is 10.7. The minimum Gasteiger partial charge on any atom is -0.321 e. The zero-order chi connectivity index (χ0) is 9.84. The largest absolute Gasteiger partial charge is 0.321 e. The molecule has 0 spiro atoms. The van der Waals surface area contributed by atoms with E-state index in [1.807, 2.05) is 0 Å². The molecule has 5 nitrogen and oxygen atoms in total. The van der Waals surface area contributed by atoms with E-state index in [0.717, 1.165) is 0 Å². The summed E-state index contributed by atoms with van der Waals surface area (Å²) < 4.78 is 0. The summed E-state index contributed by atoms with van der Waals surface area (Å²) in [5.41, 5.74) is 0.123. The van der Waals surface area contributed by atoms with E-state index in [0.29, 0.717) is 0 Å². The van der Waals surface area contributed by atoms with Gasteiger partial charge in [0.25, 0.3) is 5.69 Å². The van der Waals surface area contributed by atoms with Crippen LogP contribution >= 0.6 is 0 Å². The molecular formula is C8H9FN2O3. The molecule has 1 N–H and O–H groups in total. The molecule has 0 aliphatic heterocycles. The molecule has 76 valence electrons. The average Bonchev–Trinajstić information content (AvgIpc) is 2.03. The van der Waals surface area contributed by atoms with E-state index in [2.05, 4.69) is 5.32 Å². The Kier molecular flexibility index (Phi) is 4.21. The number of para-hydroxylation sites is 2. The molecule has 14 heavy (non-hydrogen) atoms. The first-order valence-electron chi connectivity index (χ1n) is 3.62. The van der Waals surface area contributed by atoms with Crippen molar-refractivity contribution in [2.75, 3.05) is 5.32 Å². The van der Waals surface area contributed by atoms with E-state index in [1.54, 1.807) is 12.1 Å². The number of hydrogen-bond donors (Lipinski definition) is 1. The molecule has 0 atom stereocenters. The number of nitrogens with zero attached hydrogens (tertiary/aromatic N) is 1. The number of nitro groups is 1. The molecule has 0 aliphatic rings. The van der Waals surface area contributed by atoms with Crippen LogP contribution in [0.15, 0.2) is 24.3 Å². The lowest BCUT2D eigenvalue weighted by molar-refractivity contribution is -0.383. The molecule has 1 aromatic carbocycles. The van der Waals surface area contributed by atoms with Crippen LogP contribution in [0.2, 0.25) is 0 Å². The normalized spacial score (nSPS) is 8.64. The predicted octanol–water partition coefficient (Wildman–Crippen LogP) is 1.71. The van der Waals surface area contributed by atoms with Gasteiger partial charge in [0.1, 0.15) is 5.69 Å². The molecule has 0 heterocycles. The summed E-state index contributed by atoms with van der Waals surface area (Å²) in [5, 5.41) is 12.8. The third kappa shape index (κ3) is 2.81. The number of amides is 1. The summed E-state index contributed by atoms with van der Waals surface area (Å²) in [7, 11) is 0. The molecule has 0 saturated heterocycles. The van der Waals surface area contributed by atoms with Crippen molar-refractivity contribution in [2.24, 2.45) is 0 Å². The Morgan fingerprint density at radius 2 is 2.00 bits per heavy atom. The third-order valence-corrected chi connectivity index (χ3v) is 1.41. The lowest BCUT2D eigenvalue weighted by atomic mass is 10.2. The summed E-state index contributed by atoms with van der Waals surface area (Å²) in [4.78, 5) is 20.6. The maximum Gasteiger partial charge on any atom is 0.292 e. The molecule has 1 rings (SSSR count). The van der Waals surface area contributed by atoms with Gasteiger partial charge in [-0.25, -0.2) is 0 Å². The number of rotatable bonds is 2. The predicted molar refractivity (Wildman–Crippen MR) is 49.9 cm³/mol.